The molecule has 0 aliphatic heterocycles. The zero-order valence-electron chi connectivity index (χ0n) is 10.8. The molecule has 5 nitrogen and oxygen atoms in total. The van der Waals surface area contributed by atoms with Gasteiger partial charge in [-0.2, -0.15) is 5.10 Å². The Bertz CT molecular complexity index is 436. The van der Waals surface area contributed by atoms with Crippen LogP contribution in [-0.2, 0) is 6.54 Å². The van der Waals surface area contributed by atoms with Gasteiger partial charge in [0.1, 0.15) is 12.4 Å². The Morgan fingerprint density at radius 1 is 1.56 bits per heavy atom. The number of nitrogens with zero attached hydrogens (tertiary/aromatic N) is 2. The van der Waals surface area contributed by atoms with E-state index < -0.39 is 0 Å². The molecule has 5 heteroatoms. The Balaban J connectivity index is 1.98. The maximum absolute atomic E-state index is 11.9. The first-order valence-corrected chi connectivity index (χ1v) is 6.60. The highest BCUT2D eigenvalue weighted by atomic mass is 16.5. The van der Waals surface area contributed by atoms with E-state index in [0.717, 1.165) is 6.54 Å². The lowest BCUT2D eigenvalue weighted by Gasteiger charge is -2.12. The van der Waals surface area contributed by atoms with Crippen molar-refractivity contribution in [1.82, 2.24) is 9.78 Å². The molecule has 0 amide bonds. The lowest BCUT2D eigenvalue weighted by Crippen LogP contribution is -2.27. The van der Waals surface area contributed by atoms with E-state index in [2.05, 4.69) is 5.10 Å². The molecule has 0 bridgehead atoms. The monoisotopic (exact) mass is 251 g/mol. The molecule has 2 N–H and O–H groups in total. The second-order valence-corrected chi connectivity index (χ2v) is 5.15. The molecule has 0 aromatic carbocycles. The van der Waals surface area contributed by atoms with Gasteiger partial charge in [-0.3, -0.25) is 4.79 Å². The van der Waals surface area contributed by atoms with Gasteiger partial charge in [-0.05, 0) is 25.7 Å². The van der Waals surface area contributed by atoms with Gasteiger partial charge < -0.3 is 10.5 Å². The van der Waals surface area contributed by atoms with Crippen molar-refractivity contribution in [3.05, 3.63) is 22.6 Å². The number of ether oxygens (including phenoxy) is 1. The summed E-state index contributed by atoms with van der Waals surface area (Å²) < 4.78 is 6.91. The van der Waals surface area contributed by atoms with Crippen LogP contribution in [0.5, 0.6) is 5.75 Å². The average molecular weight is 251 g/mol. The first-order valence-electron chi connectivity index (χ1n) is 6.60. The van der Waals surface area contributed by atoms with E-state index in [1.807, 2.05) is 6.92 Å². The van der Waals surface area contributed by atoms with Gasteiger partial charge in [0.2, 0.25) is 0 Å². The minimum atomic E-state index is -0.0934. The molecule has 1 aliphatic rings. The normalized spacial score (nSPS) is 17.9. The summed E-state index contributed by atoms with van der Waals surface area (Å²) >= 11 is 0. The summed E-state index contributed by atoms with van der Waals surface area (Å²) in [6.07, 6.45) is 6.55. The SMILES string of the molecule is CC(N)COc1cnn(CC2CCCC2)c(=O)c1. The Morgan fingerprint density at radius 2 is 2.28 bits per heavy atom. The lowest BCUT2D eigenvalue weighted by molar-refractivity contribution is 0.291. The van der Waals surface area contributed by atoms with Gasteiger partial charge >= 0.3 is 0 Å². The minimum Gasteiger partial charge on any atom is -0.490 e. The third-order valence-corrected chi connectivity index (χ3v) is 3.26. The van der Waals surface area contributed by atoms with E-state index in [1.165, 1.54) is 36.4 Å². The number of rotatable bonds is 5. The first-order chi connectivity index (χ1) is 8.65. The molecule has 0 radical (unpaired) electrons. The van der Waals surface area contributed by atoms with Gasteiger partial charge in [-0.25, -0.2) is 4.68 Å². The maximum atomic E-state index is 11.9. The lowest BCUT2D eigenvalue weighted by atomic mass is 10.1. The predicted octanol–water partition coefficient (Wildman–Crippen LogP) is 1.16. The van der Waals surface area contributed by atoms with Crippen molar-refractivity contribution in [3.63, 3.8) is 0 Å². The smallest absolute Gasteiger partial charge is 0.270 e. The molecule has 100 valence electrons. The van der Waals surface area contributed by atoms with E-state index >= 15 is 0 Å². The van der Waals surface area contributed by atoms with Crippen LogP contribution in [-0.4, -0.2) is 22.4 Å². The highest BCUT2D eigenvalue weighted by Crippen LogP contribution is 2.25. The van der Waals surface area contributed by atoms with Crippen LogP contribution in [0.2, 0.25) is 0 Å². The molecule has 1 aromatic rings. The van der Waals surface area contributed by atoms with Gasteiger partial charge in [-0.15, -0.1) is 0 Å². The van der Waals surface area contributed by atoms with Crippen molar-refractivity contribution in [3.8, 4) is 5.75 Å². The molecule has 1 heterocycles. The van der Waals surface area contributed by atoms with Crippen LogP contribution in [0.3, 0.4) is 0 Å². The van der Waals surface area contributed by atoms with Crippen molar-refractivity contribution in [2.24, 2.45) is 11.7 Å². The van der Waals surface area contributed by atoms with E-state index in [4.69, 9.17) is 10.5 Å². The second-order valence-electron chi connectivity index (χ2n) is 5.15. The molecule has 1 fully saturated rings. The van der Waals surface area contributed by atoms with Crippen LogP contribution in [0.1, 0.15) is 32.6 Å². The third kappa shape index (κ3) is 3.57. The highest BCUT2D eigenvalue weighted by molar-refractivity contribution is 5.13. The molecule has 1 aliphatic carbocycles. The molecular formula is C13H21N3O2. The minimum absolute atomic E-state index is 0.0501. The summed E-state index contributed by atoms with van der Waals surface area (Å²) in [6, 6.07) is 1.44. The van der Waals surface area contributed by atoms with Crippen molar-refractivity contribution >= 4 is 0 Å². The molecule has 1 aromatic heterocycles. The van der Waals surface area contributed by atoms with Crippen molar-refractivity contribution in [2.75, 3.05) is 6.61 Å². The molecule has 0 spiro atoms. The zero-order valence-corrected chi connectivity index (χ0v) is 10.8. The average Bonchev–Trinajstić information content (AvgIpc) is 2.82. The van der Waals surface area contributed by atoms with Gasteiger partial charge in [0.15, 0.2) is 0 Å². The third-order valence-electron chi connectivity index (χ3n) is 3.26. The van der Waals surface area contributed by atoms with Crippen LogP contribution in [0.15, 0.2) is 17.1 Å². The summed E-state index contributed by atoms with van der Waals surface area (Å²) in [6.45, 7) is 2.98. The Labute approximate surface area is 107 Å². The van der Waals surface area contributed by atoms with Crippen molar-refractivity contribution in [1.29, 1.82) is 0 Å². The number of hydrogen-bond acceptors (Lipinski definition) is 4. The largest absolute Gasteiger partial charge is 0.490 e. The summed E-state index contributed by atoms with van der Waals surface area (Å²) in [5.74, 6) is 1.10. The Morgan fingerprint density at radius 3 is 2.89 bits per heavy atom. The summed E-state index contributed by atoms with van der Waals surface area (Å²) in [5.41, 5.74) is 5.49. The van der Waals surface area contributed by atoms with E-state index in [1.54, 1.807) is 6.20 Å². The van der Waals surface area contributed by atoms with E-state index in [0.29, 0.717) is 18.3 Å². The molecule has 1 unspecified atom stereocenters. The van der Waals surface area contributed by atoms with Crippen LogP contribution >= 0.6 is 0 Å². The summed E-state index contributed by atoms with van der Waals surface area (Å²) in [4.78, 5) is 11.9. The summed E-state index contributed by atoms with van der Waals surface area (Å²) in [5, 5.41) is 4.16. The predicted molar refractivity (Wildman–Crippen MR) is 69.6 cm³/mol. The Hall–Kier alpha value is -1.36. The molecule has 1 saturated carbocycles. The van der Waals surface area contributed by atoms with Crippen LogP contribution in [0.25, 0.3) is 0 Å². The fourth-order valence-electron chi connectivity index (χ4n) is 2.30. The zero-order chi connectivity index (χ0) is 13.0. The molecule has 2 rings (SSSR count). The van der Waals surface area contributed by atoms with Crippen molar-refractivity contribution < 1.29 is 4.74 Å². The molecule has 0 saturated heterocycles. The standard InChI is InChI=1S/C13H21N3O2/c1-10(14)9-18-12-6-13(17)16(15-7-12)8-11-4-2-3-5-11/h6-7,10-11H,2-5,8-9,14H2,1H3. The second kappa shape index (κ2) is 6.00. The molecule has 18 heavy (non-hydrogen) atoms. The molecule has 1 atom stereocenters. The fraction of sp³-hybridized carbons (Fsp3) is 0.692. The summed E-state index contributed by atoms with van der Waals surface area (Å²) in [7, 11) is 0. The van der Waals surface area contributed by atoms with Crippen LogP contribution < -0.4 is 16.0 Å². The first kappa shape index (κ1) is 13.1. The maximum Gasteiger partial charge on any atom is 0.270 e. The van der Waals surface area contributed by atoms with Gasteiger partial charge in [0, 0.05) is 18.7 Å². The van der Waals surface area contributed by atoms with Gasteiger partial charge in [0.05, 0.1) is 6.20 Å². The van der Waals surface area contributed by atoms with Gasteiger partial charge in [-0.1, -0.05) is 12.8 Å². The molecular weight excluding hydrogens is 230 g/mol. The number of aromatic nitrogens is 2. The van der Waals surface area contributed by atoms with Crippen LogP contribution in [0.4, 0.5) is 0 Å². The van der Waals surface area contributed by atoms with E-state index in [9.17, 15) is 4.79 Å². The number of nitrogens with two attached hydrogens (primary N) is 1. The van der Waals surface area contributed by atoms with Crippen LogP contribution in [0, 0.1) is 5.92 Å². The van der Waals surface area contributed by atoms with E-state index in [-0.39, 0.29) is 11.6 Å². The Kier molecular flexibility index (Phi) is 4.36. The van der Waals surface area contributed by atoms with Gasteiger partial charge in [0.25, 0.3) is 5.56 Å². The quantitative estimate of drug-likeness (QED) is 0.852. The number of hydrogen-bond donors (Lipinski definition) is 1. The topological polar surface area (TPSA) is 70.1 Å². The highest BCUT2D eigenvalue weighted by Gasteiger charge is 2.16. The fourth-order valence-corrected chi connectivity index (χ4v) is 2.30. The van der Waals surface area contributed by atoms with Crippen molar-refractivity contribution in [2.45, 2.75) is 45.2 Å².